The van der Waals surface area contributed by atoms with E-state index in [0.717, 1.165) is 16.4 Å². The molecule has 0 aliphatic carbocycles. The van der Waals surface area contributed by atoms with E-state index in [-0.39, 0.29) is 0 Å². The van der Waals surface area contributed by atoms with Gasteiger partial charge in [-0.3, -0.25) is 4.57 Å². The lowest BCUT2D eigenvalue weighted by molar-refractivity contribution is 0.391. The van der Waals surface area contributed by atoms with Gasteiger partial charge in [-0.1, -0.05) is 46.2 Å². The highest BCUT2D eigenvalue weighted by Crippen LogP contribution is 2.26. The summed E-state index contributed by atoms with van der Waals surface area (Å²) in [7, 11) is 0. The average Bonchev–Trinajstić information content (AvgIpc) is 3.30. The molecule has 8 heteroatoms. The Morgan fingerprint density at radius 3 is 2.70 bits per heavy atom. The molecule has 2 aromatic heterocycles. The molecule has 0 bridgehead atoms. The van der Waals surface area contributed by atoms with Gasteiger partial charge in [0.25, 0.3) is 0 Å². The minimum Gasteiger partial charge on any atom is -0.338 e. The van der Waals surface area contributed by atoms with Crippen LogP contribution >= 0.6 is 23.4 Å². The van der Waals surface area contributed by atoms with Crippen molar-refractivity contribution in [1.29, 1.82) is 0 Å². The highest BCUT2D eigenvalue weighted by Gasteiger charge is 2.13. The molecule has 0 saturated heterocycles. The maximum Gasteiger partial charge on any atom is 0.237 e. The first-order chi connectivity index (χ1) is 13.1. The summed E-state index contributed by atoms with van der Waals surface area (Å²) in [5, 5.41) is 13.7. The van der Waals surface area contributed by atoms with E-state index in [1.165, 1.54) is 22.9 Å². The summed E-state index contributed by atoms with van der Waals surface area (Å²) in [4.78, 5) is 4.44. The third-order valence-corrected chi connectivity index (χ3v) is 5.20. The number of thioether (sulfide) groups is 1. The molecule has 0 aliphatic heterocycles. The Bertz CT molecular complexity index is 1070. The molecule has 0 N–H and O–H groups in total. The molecule has 0 unspecified atom stereocenters. The maximum atomic E-state index is 5.91. The molecular weight excluding hydrogens is 382 g/mol. The van der Waals surface area contributed by atoms with Crippen LogP contribution in [0.3, 0.4) is 0 Å². The van der Waals surface area contributed by atoms with Crippen LogP contribution in [0.1, 0.15) is 17.0 Å². The van der Waals surface area contributed by atoms with Crippen molar-refractivity contribution in [3.8, 4) is 17.1 Å². The first kappa shape index (κ1) is 17.8. The van der Waals surface area contributed by atoms with Crippen LogP contribution in [0.2, 0.25) is 5.02 Å². The van der Waals surface area contributed by atoms with Crippen LogP contribution in [0.15, 0.2) is 58.5 Å². The molecule has 4 aromatic rings. The summed E-state index contributed by atoms with van der Waals surface area (Å²) in [6.07, 6.45) is 1.72. The molecular formula is C19H16ClN5OS. The molecule has 2 heterocycles. The first-order valence-electron chi connectivity index (χ1n) is 8.29. The number of nitrogens with zero attached hydrogens (tertiary/aromatic N) is 5. The van der Waals surface area contributed by atoms with Gasteiger partial charge in [-0.25, -0.2) is 0 Å². The molecule has 0 spiro atoms. The van der Waals surface area contributed by atoms with Gasteiger partial charge in [-0.15, -0.1) is 10.2 Å². The Kier molecular flexibility index (Phi) is 4.96. The van der Waals surface area contributed by atoms with Gasteiger partial charge in [-0.05, 0) is 49.7 Å². The quantitative estimate of drug-likeness (QED) is 0.447. The standard InChI is InChI=1S/C19H16ClN5OS/c1-12-3-8-16(13(2)9-12)25-11-21-23-19(25)27-10-17-22-18(24-26-17)14-4-6-15(20)7-5-14/h3-9,11H,10H2,1-2H3. The molecule has 4 rings (SSSR count). The molecule has 2 aromatic carbocycles. The largest absolute Gasteiger partial charge is 0.338 e. The van der Waals surface area contributed by atoms with Crippen LogP contribution < -0.4 is 0 Å². The van der Waals surface area contributed by atoms with Gasteiger partial charge in [0.2, 0.25) is 11.7 Å². The summed E-state index contributed by atoms with van der Waals surface area (Å²) in [5.74, 6) is 1.57. The molecule has 0 saturated carbocycles. The number of rotatable bonds is 5. The second-order valence-electron chi connectivity index (χ2n) is 6.08. The van der Waals surface area contributed by atoms with Gasteiger partial charge in [0, 0.05) is 10.6 Å². The normalized spacial score (nSPS) is 11.1. The van der Waals surface area contributed by atoms with E-state index in [1.807, 2.05) is 16.7 Å². The first-order valence-corrected chi connectivity index (χ1v) is 9.65. The zero-order chi connectivity index (χ0) is 18.8. The van der Waals surface area contributed by atoms with Crippen LogP contribution in [0, 0.1) is 13.8 Å². The lowest BCUT2D eigenvalue weighted by atomic mass is 10.1. The van der Waals surface area contributed by atoms with Gasteiger partial charge < -0.3 is 4.52 Å². The monoisotopic (exact) mass is 397 g/mol. The van der Waals surface area contributed by atoms with Crippen LogP contribution in [0.25, 0.3) is 17.1 Å². The van der Waals surface area contributed by atoms with E-state index in [1.54, 1.807) is 18.5 Å². The van der Waals surface area contributed by atoms with Crippen molar-refractivity contribution in [3.63, 3.8) is 0 Å². The molecule has 0 amide bonds. The van der Waals surface area contributed by atoms with Gasteiger partial charge in [0.05, 0.1) is 11.4 Å². The highest BCUT2D eigenvalue weighted by molar-refractivity contribution is 7.98. The highest BCUT2D eigenvalue weighted by atomic mass is 35.5. The number of aryl methyl sites for hydroxylation is 2. The predicted octanol–water partition coefficient (Wildman–Crippen LogP) is 4.88. The zero-order valence-corrected chi connectivity index (χ0v) is 16.3. The molecule has 0 atom stereocenters. The Morgan fingerprint density at radius 2 is 1.93 bits per heavy atom. The summed E-state index contributed by atoms with van der Waals surface area (Å²) in [5.41, 5.74) is 4.30. The number of halogens is 1. The minimum atomic E-state index is 0.504. The summed E-state index contributed by atoms with van der Waals surface area (Å²) < 4.78 is 7.33. The van der Waals surface area contributed by atoms with Gasteiger partial charge in [-0.2, -0.15) is 4.98 Å². The van der Waals surface area contributed by atoms with Crippen molar-refractivity contribution in [2.24, 2.45) is 0 Å². The fraction of sp³-hybridized carbons (Fsp3) is 0.158. The van der Waals surface area contributed by atoms with E-state index >= 15 is 0 Å². The number of hydrogen-bond donors (Lipinski definition) is 0. The average molecular weight is 398 g/mol. The van der Waals surface area contributed by atoms with E-state index in [2.05, 4.69) is 52.4 Å². The Labute approximate surface area is 165 Å². The van der Waals surface area contributed by atoms with E-state index < -0.39 is 0 Å². The second-order valence-corrected chi connectivity index (χ2v) is 7.46. The van der Waals surface area contributed by atoms with Crippen LogP contribution in [0.4, 0.5) is 0 Å². The zero-order valence-electron chi connectivity index (χ0n) is 14.8. The summed E-state index contributed by atoms with van der Waals surface area (Å²) >= 11 is 7.41. The van der Waals surface area contributed by atoms with Gasteiger partial charge in [0.1, 0.15) is 6.33 Å². The Morgan fingerprint density at radius 1 is 1.11 bits per heavy atom. The lowest BCUT2D eigenvalue weighted by Gasteiger charge is -2.09. The second kappa shape index (κ2) is 7.54. The summed E-state index contributed by atoms with van der Waals surface area (Å²) in [6.45, 7) is 4.15. The molecule has 6 nitrogen and oxygen atoms in total. The Hall–Kier alpha value is -2.64. The van der Waals surface area contributed by atoms with Crippen LogP contribution in [-0.4, -0.2) is 24.9 Å². The van der Waals surface area contributed by atoms with E-state index in [4.69, 9.17) is 16.1 Å². The predicted molar refractivity (Wildman–Crippen MR) is 105 cm³/mol. The van der Waals surface area contributed by atoms with Crippen molar-refractivity contribution in [1.82, 2.24) is 24.9 Å². The van der Waals surface area contributed by atoms with Gasteiger partial charge >= 0.3 is 0 Å². The molecule has 0 aliphatic rings. The van der Waals surface area contributed by atoms with E-state index in [9.17, 15) is 0 Å². The third-order valence-electron chi connectivity index (χ3n) is 4.02. The topological polar surface area (TPSA) is 69.6 Å². The molecule has 136 valence electrons. The number of hydrogen-bond acceptors (Lipinski definition) is 6. The molecule has 27 heavy (non-hydrogen) atoms. The smallest absolute Gasteiger partial charge is 0.237 e. The van der Waals surface area contributed by atoms with E-state index in [0.29, 0.717) is 22.5 Å². The maximum absolute atomic E-state index is 5.91. The van der Waals surface area contributed by atoms with Crippen molar-refractivity contribution in [3.05, 3.63) is 70.8 Å². The number of aromatic nitrogens is 5. The molecule has 0 fully saturated rings. The van der Waals surface area contributed by atoms with Crippen molar-refractivity contribution in [2.45, 2.75) is 24.8 Å². The lowest BCUT2D eigenvalue weighted by Crippen LogP contribution is -1.98. The Balaban J connectivity index is 1.50. The fourth-order valence-electron chi connectivity index (χ4n) is 2.72. The van der Waals surface area contributed by atoms with Crippen LogP contribution in [-0.2, 0) is 5.75 Å². The number of benzene rings is 2. The van der Waals surface area contributed by atoms with Crippen molar-refractivity contribution < 1.29 is 4.52 Å². The fourth-order valence-corrected chi connectivity index (χ4v) is 3.61. The minimum absolute atomic E-state index is 0.504. The van der Waals surface area contributed by atoms with Gasteiger partial charge in [0.15, 0.2) is 5.16 Å². The third kappa shape index (κ3) is 3.89. The van der Waals surface area contributed by atoms with Crippen molar-refractivity contribution >= 4 is 23.4 Å². The van der Waals surface area contributed by atoms with Crippen LogP contribution in [0.5, 0.6) is 0 Å². The SMILES string of the molecule is Cc1ccc(-n2cnnc2SCc2nc(-c3ccc(Cl)cc3)no2)c(C)c1. The summed E-state index contributed by atoms with van der Waals surface area (Å²) in [6, 6.07) is 13.6. The van der Waals surface area contributed by atoms with Crippen molar-refractivity contribution in [2.75, 3.05) is 0 Å². The molecule has 0 radical (unpaired) electrons.